The van der Waals surface area contributed by atoms with E-state index in [1.807, 2.05) is 0 Å². The average Bonchev–Trinajstić information content (AvgIpc) is 3.74. The Labute approximate surface area is 241 Å². The van der Waals surface area contributed by atoms with Gasteiger partial charge in [-0.2, -0.15) is 0 Å². The van der Waals surface area contributed by atoms with Gasteiger partial charge in [0, 0.05) is 20.5 Å². The van der Waals surface area contributed by atoms with Crippen LogP contribution < -0.4 is 0 Å². The maximum absolute atomic E-state index is 4.83. The van der Waals surface area contributed by atoms with Crippen LogP contribution in [0.1, 0.15) is 22.5 Å². The van der Waals surface area contributed by atoms with E-state index < -0.39 is 0 Å². The Morgan fingerprint density at radius 2 is 0.925 bits per heavy atom. The van der Waals surface area contributed by atoms with Crippen molar-refractivity contribution in [3.8, 4) is 20.9 Å². The van der Waals surface area contributed by atoms with Gasteiger partial charge in [-0.05, 0) is 93.7 Å². The molecule has 190 valence electrons. The molecule has 0 unspecified atom stereocenters. The zero-order valence-electron chi connectivity index (χ0n) is 21.6. The van der Waals surface area contributed by atoms with Crippen molar-refractivity contribution in [2.75, 3.05) is 0 Å². The Kier molecular flexibility index (Phi) is 6.62. The summed E-state index contributed by atoms with van der Waals surface area (Å²) in [4.78, 5) is 12.2. The second-order valence-corrected chi connectivity index (χ2v) is 11.5. The van der Waals surface area contributed by atoms with E-state index in [-0.39, 0.29) is 0 Å². The van der Waals surface area contributed by atoms with Gasteiger partial charge in [0.05, 0.1) is 22.4 Å². The summed E-state index contributed by atoms with van der Waals surface area (Å²) in [5.41, 5.74) is 8.66. The van der Waals surface area contributed by atoms with E-state index in [1.165, 1.54) is 20.9 Å². The summed E-state index contributed by atoms with van der Waals surface area (Å²) in [6.07, 6.45) is 8.36. The predicted molar refractivity (Wildman–Crippen MR) is 174 cm³/mol. The molecular formula is C36H24N2S2. The number of fused-ring (bicyclic) bond motifs is 2. The van der Waals surface area contributed by atoms with Crippen molar-refractivity contribution in [2.24, 2.45) is 0 Å². The molecule has 40 heavy (non-hydrogen) atoms. The van der Waals surface area contributed by atoms with Crippen LogP contribution in [0.25, 0.3) is 67.0 Å². The number of hydrogen-bond acceptors (Lipinski definition) is 4. The van der Waals surface area contributed by atoms with E-state index in [9.17, 15) is 0 Å². The highest BCUT2D eigenvalue weighted by Crippen LogP contribution is 2.29. The lowest BCUT2D eigenvalue weighted by molar-refractivity contribution is 1.37. The van der Waals surface area contributed by atoms with Gasteiger partial charge < -0.3 is 0 Å². The molecule has 0 atom stereocenters. The fourth-order valence-corrected chi connectivity index (χ4v) is 6.19. The lowest BCUT2D eigenvalue weighted by atomic mass is 10.1. The molecule has 4 heterocycles. The first-order chi connectivity index (χ1) is 19.8. The van der Waals surface area contributed by atoms with Crippen molar-refractivity contribution >= 4 is 68.8 Å². The van der Waals surface area contributed by atoms with Gasteiger partial charge >= 0.3 is 0 Å². The highest BCUT2D eigenvalue weighted by atomic mass is 32.1. The second kappa shape index (κ2) is 10.9. The van der Waals surface area contributed by atoms with Crippen molar-refractivity contribution in [3.05, 3.63) is 142 Å². The normalized spacial score (nSPS) is 11.8. The molecule has 0 radical (unpaired) electrons. The first-order valence-electron chi connectivity index (χ1n) is 13.1. The topological polar surface area (TPSA) is 25.8 Å². The summed E-state index contributed by atoms with van der Waals surface area (Å²) in [5, 5.41) is 6.53. The summed E-state index contributed by atoms with van der Waals surface area (Å²) in [7, 11) is 0. The smallest absolute Gasteiger partial charge is 0.0709 e. The fourth-order valence-electron chi connectivity index (χ4n) is 4.74. The number of rotatable bonds is 6. The minimum Gasteiger partial charge on any atom is -0.248 e. The molecule has 2 nitrogen and oxygen atoms in total. The van der Waals surface area contributed by atoms with Gasteiger partial charge in [0.2, 0.25) is 0 Å². The lowest BCUT2D eigenvalue weighted by Gasteiger charge is -2.03. The SMILES string of the molecule is C(=Cc1ccc2cc(-c3cccs3)ccc2n1)c1ccc(C=Cc2ccc3cc(-c4cccs4)ccc3n2)cc1. The molecule has 0 aliphatic rings. The number of nitrogens with zero attached hydrogens (tertiary/aromatic N) is 2. The van der Waals surface area contributed by atoms with Gasteiger partial charge in [-0.25, -0.2) is 9.97 Å². The van der Waals surface area contributed by atoms with Gasteiger partial charge in [-0.15, -0.1) is 22.7 Å². The Bertz CT molecular complexity index is 1840. The maximum atomic E-state index is 4.83. The quantitative estimate of drug-likeness (QED) is 0.207. The largest absolute Gasteiger partial charge is 0.248 e. The highest BCUT2D eigenvalue weighted by Gasteiger charge is 2.04. The van der Waals surface area contributed by atoms with Crippen LogP contribution in [0.15, 0.2) is 120 Å². The van der Waals surface area contributed by atoms with Gasteiger partial charge in [0.1, 0.15) is 0 Å². The molecule has 0 saturated carbocycles. The van der Waals surface area contributed by atoms with Crippen LogP contribution >= 0.6 is 22.7 Å². The third-order valence-electron chi connectivity index (χ3n) is 6.86. The molecular weight excluding hydrogens is 525 g/mol. The molecule has 7 aromatic rings. The molecule has 3 aromatic carbocycles. The molecule has 0 fully saturated rings. The van der Waals surface area contributed by atoms with Crippen molar-refractivity contribution in [2.45, 2.75) is 0 Å². The lowest BCUT2D eigenvalue weighted by Crippen LogP contribution is -1.84. The minimum absolute atomic E-state index is 0.949. The van der Waals surface area contributed by atoms with Gasteiger partial charge in [0.25, 0.3) is 0 Å². The molecule has 0 bridgehead atoms. The van der Waals surface area contributed by atoms with Crippen molar-refractivity contribution < 1.29 is 0 Å². The third-order valence-corrected chi connectivity index (χ3v) is 8.70. The van der Waals surface area contributed by atoms with Crippen LogP contribution in [0.3, 0.4) is 0 Å². The van der Waals surface area contributed by atoms with Crippen molar-refractivity contribution in [1.82, 2.24) is 9.97 Å². The van der Waals surface area contributed by atoms with Crippen LogP contribution in [0.5, 0.6) is 0 Å². The van der Waals surface area contributed by atoms with Crippen molar-refractivity contribution in [1.29, 1.82) is 0 Å². The standard InChI is InChI=1S/C36H24N2S2/c1-3-35(39-21-1)29-13-19-33-27(23-29)11-17-31(37-33)15-9-25-5-7-26(8-6-25)10-16-32-18-12-28-24-30(14-20-34(28)38-32)36-4-2-22-40-36/h1-24H. The minimum atomic E-state index is 0.949. The van der Waals surface area contributed by atoms with Gasteiger partial charge in [-0.1, -0.05) is 72.8 Å². The predicted octanol–water partition coefficient (Wildman–Crippen LogP) is 10.6. The molecule has 4 aromatic heterocycles. The molecule has 0 aliphatic heterocycles. The molecule has 0 N–H and O–H groups in total. The second-order valence-electron chi connectivity index (χ2n) is 9.58. The number of aromatic nitrogens is 2. The van der Waals surface area contributed by atoms with E-state index in [4.69, 9.17) is 9.97 Å². The van der Waals surface area contributed by atoms with E-state index in [0.717, 1.165) is 44.3 Å². The number of hydrogen-bond donors (Lipinski definition) is 0. The van der Waals surface area contributed by atoms with Crippen molar-refractivity contribution in [3.63, 3.8) is 0 Å². The fraction of sp³-hybridized carbons (Fsp3) is 0. The number of benzene rings is 3. The van der Waals surface area contributed by atoms with Crippen LogP contribution in [0, 0.1) is 0 Å². The van der Waals surface area contributed by atoms with E-state index in [0.29, 0.717) is 0 Å². The van der Waals surface area contributed by atoms with Crippen LogP contribution in [-0.2, 0) is 0 Å². The summed E-state index contributed by atoms with van der Waals surface area (Å²) in [6, 6.07) is 38.4. The molecule has 0 spiro atoms. The first kappa shape index (κ1) is 24.4. The van der Waals surface area contributed by atoms with Crippen LogP contribution in [0.2, 0.25) is 0 Å². The average molecular weight is 549 g/mol. The van der Waals surface area contributed by atoms with E-state index in [1.54, 1.807) is 22.7 Å². The van der Waals surface area contributed by atoms with E-state index >= 15 is 0 Å². The molecule has 0 amide bonds. The summed E-state index contributed by atoms with van der Waals surface area (Å²) in [5.74, 6) is 0. The maximum Gasteiger partial charge on any atom is 0.0709 e. The van der Waals surface area contributed by atoms with Gasteiger partial charge in [0.15, 0.2) is 0 Å². The van der Waals surface area contributed by atoms with Crippen LogP contribution in [-0.4, -0.2) is 9.97 Å². The molecule has 4 heteroatoms. The zero-order valence-corrected chi connectivity index (χ0v) is 23.2. The molecule has 0 aliphatic carbocycles. The Hall–Kier alpha value is -4.64. The van der Waals surface area contributed by atoms with Gasteiger partial charge in [-0.3, -0.25) is 0 Å². The molecule has 7 rings (SSSR count). The number of pyridine rings is 2. The Morgan fingerprint density at radius 3 is 1.35 bits per heavy atom. The summed E-state index contributed by atoms with van der Waals surface area (Å²) in [6.45, 7) is 0. The number of thiophene rings is 2. The first-order valence-corrected chi connectivity index (χ1v) is 14.9. The van der Waals surface area contributed by atoms with E-state index in [2.05, 4.69) is 144 Å². The summed E-state index contributed by atoms with van der Waals surface area (Å²) >= 11 is 3.52. The summed E-state index contributed by atoms with van der Waals surface area (Å²) < 4.78 is 0. The third kappa shape index (κ3) is 5.28. The zero-order chi connectivity index (χ0) is 26.7. The molecule has 0 saturated heterocycles. The van der Waals surface area contributed by atoms with Crippen LogP contribution in [0.4, 0.5) is 0 Å². The highest BCUT2D eigenvalue weighted by molar-refractivity contribution is 7.13. The Balaban J connectivity index is 1.03. The monoisotopic (exact) mass is 548 g/mol. The Morgan fingerprint density at radius 1 is 0.450 bits per heavy atom.